The summed E-state index contributed by atoms with van der Waals surface area (Å²) in [5.41, 5.74) is 1.55. The van der Waals surface area contributed by atoms with E-state index < -0.39 is 0 Å². The molecule has 0 saturated heterocycles. The summed E-state index contributed by atoms with van der Waals surface area (Å²) < 4.78 is 5.82. The van der Waals surface area contributed by atoms with E-state index in [9.17, 15) is 0 Å². The molecule has 0 unspecified atom stereocenters. The third-order valence-corrected chi connectivity index (χ3v) is 4.35. The van der Waals surface area contributed by atoms with Crippen LogP contribution in [0, 0.1) is 0 Å². The van der Waals surface area contributed by atoms with Gasteiger partial charge in [-0.25, -0.2) is 0 Å². The van der Waals surface area contributed by atoms with E-state index in [-0.39, 0.29) is 0 Å². The maximum Gasteiger partial charge on any atom is 0.135 e. The number of anilines is 1. The Morgan fingerprint density at radius 1 is 0.783 bits per heavy atom. The summed E-state index contributed by atoms with van der Waals surface area (Å²) >= 11 is 24.2. The molecular weight excluding hydrogens is 376 g/mol. The van der Waals surface area contributed by atoms with Crippen LogP contribution in [0.5, 0.6) is 0 Å². The summed E-state index contributed by atoms with van der Waals surface area (Å²) in [6, 6.07) is 14.3. The lowest BCUT2D eigenvalue weighted by atomic mass is 10.2. The smallest absolute Gasteiger partial charge is 0.135 e. The molecule has 0 bridgehead atoms. The van der Waals surface area contributed by atoms with Crippen molar-refractivity contribution in [1.82, 2.24) is 0 Å². The molecule has 0 radical (unpaired) electrons. The van der Waals surface area contributed by atoms with Gasteiger partial charge in [0.2, 0.25) is 0 Å². The van der Waals surface area contributed by atoms with E-state index in [1.807, 2.05) is 18.2 Å². The second kappa shape index (κ2) is 7.06. The molecule has 1 aromatic heterocycles. The van der Waals surface area contributed by atoms with Crippen LogP contribution in [0.2, 0.25) is 20.1 Å². The molecule has 0 atom stereocenters. The first-order chi connectivity index (χ1) is 11.0. The fourth-order valence-electron chi connectivity index (χ4n) is 2.12. The summed E-state index contributed by atoms with van der Waals surface area (Å²) in [5, 5.41) is 5.55. The lowest BCUT2D eigenvalue weighted by Crippen LogP contribution is -1.98. The number of nitrogens with one attached hydrogen (secondary N) is 1. The van der Waals surface area contributed by atoms with Crippen molar-refractivity contribution in [2.24, 2.45) is 0 Å². The molecule has 1 N–H and O–H groups in total. The van der Waals surface area contributed by atoms with Crippen LogP contribution >= 0.6 is 46.4 Å². The highest BCUT2D eigenvalue weighted by Gasteiger charge is 2.10. The van der Waals surface area contributed by atoms with Crippen molar-refractivity contribution in [3.63, 3.8) is 0 Å². The van der Waals surface area contributed by atoms with Gasteiger partial charge in [-0.1, -0.05) is 46.4 Å². The van der Waals surface area contributed by atoms with Crippen molar-refractivity contribution < 1.29 is 4.42 Å². The Labute approximate surface area is 153 Å². The number of hydrogen-bond donors (Lipinski definition) is 1. The fourth-order valence-corrected chi connectivity index (χ4v) is 2.98. The minimum atomic E-state index is 0.486. The predicted molar refractivity (Wildman–Crippen MR) is 98.0 cm³/mol. The molecule has 0 amide bonds. The van der Waals surface area contributed by atoms with E-state index in [0.717, 1.165) is 17.0 Å². The molecule has 6 heteroatoms. The van der Waals surface area contributed by atoms with Crippen molar-refractivity contribution >= 4 is 52.1 Å². The summed E-state index contributed by atoms with van der Waals surface area (Å²) in [6.07, 6.45) is 0. The van der Waals surface area contributed by atoms with Gasteiger partial charge in [-0.05, 0) is 48.5 Å². The monoisotopic (exact) mass is 385 g/mol. The largest absolute Gasteiger partial charge is 0.459 e. The summed E-state index contributed by atoms with van der Waals surface area (Å²) in [7, 11) is 0. The Hall–Kier alpha value is -1.32. The quantitative estimate of drug-likeness (QED) is 0.513. The lowest BCUT2D eigenvalue weighted by Gasteiger charge is -2.07. The minimum Gasteiger partial charge on any atom is -0.459 e. The highest BCUT2D eigenvalue weighted by Crippen LogP contribution is 2.32. The normalized spacial score (nSPS) is 10.8. The van der Waals surface area contributed by atoms with Crippen LogP contribution in [0.15, 0.2) is 52.9 Å². The summed E-state index contributed by atoms with van der Waals surface area (Å²) in [6.45, 7) is 0.486. The van der Waals surface area contributed by atoms with Gasteiger partial charge in [0.15, 0.2) is 0 Å². The first-order valence-corrected chi connectivity index (χ1v) is 8.27. The number of furan rings is 1. The molecule has 0 aliphatic heterocycles. The average molecular weight is 387 g/mol. The maximum absolute atomic E-state index is 6.18. The molecule has 2 nitrogen and oxygen atoms in total. The van der Waals surface area contributed by atoms with E-state index in [1.165, 1.54) is 0 Å². The van der Waals surface area contributed by atoms with Gasteiger partial charge in [0.1, 0.15) is 11.5 Å². The Bertz CT molecular complexity index is 844. The molecule has 0 aliphatic rings. The second-order valence-corrected chi connectivity index (χ2v) is 6.56. The van der Waals surface area contributed by atoms with Gasteiger partial charge in [0, 0.05) is 15.6 Å². The standard InChI is InChI=1S/C17H11Cl4NO/c18-10-1-4-14(20)13(7-10)17-6-3-12(23-17)9-22-16-5-2-11(19)8-15(16)21/h1-8,22H,9H2. The molecule has 1 heterocycles. The highest BCUT2D eigenvalue weighted by atomic mass is 35.5. The SMILES string of the molecule is Clc1ccc(NCc2ccc(-c3cc(Cl)ccc3Cl)o2)c(Cl)c1. The van der Waals surface area contributed by atoms with E-state index in [0.29, 0.717) is 32.4 Å². The van der Waals surface area contributed by atoms with Gasteiger partial charge in [0.25, 0.3) is 0 Å². The van der Waals surface area contributed by atoms with E-state index in [4.69, 9.17) is 50.8 Å². The number of halogens is 4. The molecule has 0 spiro atoms. The second-order valence-electron chi connectivity index (χ2n) is 4.87. The predicted octanol–water partition coefficient (Wildman–Crippen LogP) is 7.17. The lowest BCUT2D eigenvalue weighted by molar-refractivity contribution is 0.531. The first kappa shape index (κ1) is 16.5. The fraction of sp³-hybridized carbons (Fsp3) is 0.0588. The number of benzene rings is 2. The van der Waals surface area contributed by atoms with Crippen LogP contribution in [0.25, 0.3) is 11.3 Å². The van der Waals surface area contributed by atoms with Crippen molar-refractivity contribution in [3.05, 3.63) is 74.4 Å². The Morgan fingerprint density at radius 2 is 1.52 bits per heavy atom. The summed E-state index contributed by atoms with van der Waals surface area (Å²) in [5.74, 6) is 1.42. The van der Waals surface area contributed by atoms with E-state index in [1.54, 1.807) is 30.3 Å². The van der Waals surface area contributed by atoms with Crippen LogP contribution < -0.4 is 5.32 Å². The minimum absolute atomic E-state index is 0.486. The topological polar surface area (TPSA) is 25.2 Å². The summed E-state index contributed by atoms with van der Waals surface area (Å²) in [4.78, 5) is 0. The highest BCUT2D eigenvalue weighted by molar-refractivity contribution is 6.36. The van der Waals surface area contributed by atoms with Crippen molar-refractivity contribution in [2.45, 2.75) is 6.54 Å². The third kappa shape index (κ3) is 3.96. The van der Waals surface area contributed by atoms with E-state index in [2.05, 4.69) is 5.32 Å². The van der Waals surface area contributed by atoms with Crippen LogP contribution in [0.1, 0.15) is 5.76 Å². The third-order valence-electron chi connectivity index (χ3n) is 3.24. The van der Waals surface area contributed by atoms with E-state index >= 15 is 0 Å². The van der Waals surface area contributed by atoms with Gasteiger partial charge in [-0.2, -0.15) is 0 Å². The number of hydrogen-bond acceptors (Lipinski definition) is 2. The zero-order valence-electron chi connectivity index (χ0n) is 11.7. The molecule has 23 heavy (non-hydrogen) atoms. The van der Waals surface area contributed by atoms with Gasteiger partial charge in [-0.3, -0.25) is 0 Å². The van der Waals surface area contributed by atoms with Crippen LogP contribution in [0.4, 0.5) is 5.69 Å². The van der Waals surface area contributed by atoms with Crippen LogP contribution in [0.3, 0.4) is 0 Å². The molecule has 118 valence electrons. The van der Waals surface area contributed by atoms with Crippen LogP contribution in [-0.4, -0.2) is 0 Å². The van der Waals surface area contributed by atoms with Gasteiger partial charge >= 0.3 is 0 Å². The Morgan fingerprint density at radius 3 is 2.30 bits per heavy atom. The zero-order chi connectivity index (χ0) is 16.4. The van der Waals surface area contributed by atoms with Crippen molar-refractivity contribution in [2.75, 3.05) is 5.32 Å². The Balaban J connectivity index is 1.76. The Kier molecular flexibility index (Phi) is 5.08. The molecule has 2 aromatic carbocycles. The van der Waals surface area contributed by atoms with Gasteiger partial charge < -0.3 is 9.73 Å². The van der Waals surface area contributed by atoms with Crippen molar-refractivity contribution in [3.8, 4) is 11.3 Å². The molecule has 0 saturated carbocycles. The van der Waals surface area contributed by atoms with Gasteiger partial charge in [-0.15, -0.1) is 0 Å². The van der Waals surface area contributed by atoms with Crippen molar-refractivity contribution in [1.29, 1.82) is 0 Å². The molecule has 3 aromatic rings. The molecular formula is C17H11Cl4NO. The maximum atomic E-state index is 6.18. The molecule has 0 fully saturated rings. The average Bonchev–Trinajstić information content (AvgIpc) is 2.97. The first-order valence-electron chi connectivity index (χ1n) is 6.76. The molecule has 0 aliphatic carbocycles. The van der Waals surface area contributed by atoms with Crippen LogP contribution in [-0.2, 0) is 6.54 Å². The zero-order valence-corrected chi connectivity index (χ0v) is 14.8. The van der Waals surface area contributed by atoms with Gasteiger partial charge in [0.05, 0.1) is 22.3 Å². The molecule has 3 rings (SSSR count). The number of rotatable bonds is 4.